The van der Waals surface area contributed by atoms with E-state index in [2.05, 4.69) is 31.5 Å². The van der Waals surface area contributed by atoms with Gasteiger partial charge in [0.25, 0.3) is 5.91 Å². The zero-order valence-electron chi connectivity index (χ0n) is 12.3. The van der Waals surface area contributed by atoms with Crippen LogP contribution < -0.4 is 10.6 Å². The molecule has 0 aliphatic carbocycles. The first-order chi connectivity index (χ1) is 11.4. The van der Waals surface area contributed by atoms with Crippen molar-refractivity contribution in [3.05, 3.63) is 52.5 Å². The summed E-state index contributed by atoms with van der Waals surface area (Å²) in [7, 11) is 0. The summed E-state index contributed by atoms with van der Waals surface area (Å²) in [4.78, 5) is 37.4. The topological polar surface area (TPSA) is 100 Å². The molecule has 0 radical (unpaired) electrons. The molecule has 0 aliphatic rings. The summed E-state index contributed by atoms with van der Waals surface area (Å²) in [6.45, 7) is -0.818. The third-order valence-corrected chi connectivity index (χ3v) is 3.23. The van der Waals surface area contributed by atoms with Gasteiger partial charge in [-0.15, -0.1) is 0 Å². The van der Waals surface area contributed by atoms with Gasteiger partial charge in [0, 0.05) is 16.4 Å². The second kappa shape index (κ2) is 8.25. The summed E-state index contributed by atoms with van der Waals surface area (Å²) in [5.74, 6) is -2.22. The van der Waals surface area contributed by atoms with Crippen LogP contribution >= 0.6 is 15.9 Å². The Kier molecular flexibility index (Phi) is 6.07. The van der Waals surface area contributed by atoms with Crippen molar-refractivity contribution < 1.29 is 23.5 Å². The quantitative estimate of drug-likeness (QED) is 0.647. The van der Waals surface area contributed by atoms with Gasteiger partial charge in [0.1, 0.15) is 11.5 Å². The molecule has 3 N–H and O–H groups in total. The van der Waals surface area contributed by atoms with Crippen LogP contribution in [-0.2, 0) is 14.3 Å². The highest BCUT2D eigenvalue weighted by molar-refractivity contribution is 9.10. The van der Waals surface area contributed by atoms with Crippen LogP contribution in [-0.4, -0.2) is 35.9 Å². The molecule has 0 bridgehead atoms. The van der Waals surface area contributed by atoms with Crippen molar-refractivity contribution in [2.24, 2.45) is 0 Å². The van der Waals surface area contributed by atoms with Crippen molar-refractivity contribution in [3.8, 4) is 0 Å². The van der Waals surface area contributed by atoms with E-state index in [0.717, 1.165) is 0 Å². The SMILES string of the molecule is O=C(COC(=O)c1cc(Br)c[nH]1)NCC(=O)Nc1ccc(F)cc1. The molecular weight excluding hydrogens is 385 g/mol. The number of aromatic nitrogens is 1. The number of benzene rings is 1. The summed E-state index contributed by atoms with van der Waals surface area (Å²) in [5, 5.41) is 4.78. The average molecular weight is 398 g/mol. The average Bonchev–Trinajstić information content (AvgIpc) is 2.99. The molecule has 0 unspecified atom stereocenters. The molecule has 0 spiro atoms. The predicted octanol–water partition coefficient (Wildman–Crippen LogP) is 1.83. The number of hydrogen-bond donors (Lipinski definition) is 3. The molecule has 0 aliphatic heterocycles. The van der Waals surface area contributed by atoms with Crippen LogP contribution in [0, 0.1) is 5.82 Å². The van der Waals surface area contributed by atoms with Gasteiger partial charge in [0.05, 0.1) is 6.54 Å². The highest BCUT2D eigenvalue weighted by Crippen LogP contribution is 2.11. The molecule has 1 aromatic heterocycles. The van der Waals surface area contributed by atoms with Crippen molar-refractivity contribution in [1.82, 2.24) is 10.3 Å². The zero-order chi connectivity index (χ0) is 17.5. The molecule has 126 valence electrons. The number of hydrogen-bond acceptors (Lipinski definition) is 4. The number of H-pyrrole nitrogens is 1. The summed E-state index contributed by atoms with van der Waals surface area (Å²) < 4.78 is 18.2. The van der Waals surface area contributed by atoms with Gasteiger partial charge < -0.3 is 20.4 Å². The first kappa shape index (κ1) is 17.7. The van der Waals surface area contributed by atoms with Crippen molar-refractivity contribution >= 4 is 39.4 Å². The van der Waals surface area contributed by atoms with Crippen LogP contribution in [0.5, 0.6) is 0 Å². The molecule has 7 nitrogen and oxygen atoms in total. The second-order valence-corrected chi connectivity index (χ2v) is 5.56. The molecule has 9 heteroatoms. The maximum Gasteiger partial charge on any atom is 0.355 e. The predicted molar refractivity (Wildman–Crippen MR) is 86.8 cm³/mol. The lowest BCUT2D eigenvalue weighted by Gasteiger charge is -2.07. The molecule has 24 heavy (non-hydrogen) atoms. The van der Waals surface area contributed by atoms with Crippen molar-refractivity contribution in [2.45, 2.75) is 0 Å². The van der Waals surface area contributed by atoms with Crippen molar-refractivity contribution in [2.75, 3.05) is 18.5 Å². The fourth-order valence-corrected chi connectivity index (χ4v) is 2.01. The van der Waals surface area contributed by atoms with Gasteiger partial charge in [0.15, 0.2) is 6.61 Å². The number of esters is 1. The normalized spacial score (nSPS) is 10.1. The van der Waals surface area contributed by atoms with E-state index < -0.39 is 30.2 Å². The maximum atomic E-state index is 12.7. The van der Waals surface area contributed by atoms with E-state index >= 15 is 0 Å². The smallest absolute Gasteiger partial charge is 0.355 e. The van der Waals surface area contributed by atoms with Crippen LogP contribution in [0.2, 0.25) is 0 Å². The van der Waals surface area contributed by atoms with Crippen LogP contribution in [0.25, 0.3) is 0 Å². The van der Waals surface area contributed by atoms with Gasteiger partial charge >= 0.3 is 5.97 Å². The van der Waals surface area contributed by atoms with Crippen LogP contribution in [0.1, 0.15) is 10.5 Å². The highest BCUT2D eigenvalue weighted by atomic mass is 79.9. The Bertz CT molecular complexity index is 745. The monoisotopic (exact) mass is 397 g/mol. The van der Waals surface area contributed by atoms with Gasteiger partial charge in [0.2, 0.25) is 5.91 Å². The number of nitrogens with one attached hydrogen (secondary N) is 3. The van der Waals surface area contributed by atoms with Crippen LogP contribution in [0.4, 0.5) is 10.1 Å². The van der Waals surface area contributed by atoms with Gasteiger partial charge in [-0.3, -0.25) is 9.59 Å². The minimum atomic E-state index is -0.688. The lowest BCUT2D eigenvalue weighted by atomic mass is 10.3. The number of halogens is 2. The maximum absolute atomic E-state index is 12.7. The summed E-state index contributed by atoms with van der Waals surface area (Å²) in [6.07, 6.45) is 1.55. The van der Waals surface area contributed by atoms with Crippen LogP contribution in [0.3, 0.4) is 0 Å². The van der Waals surface area contributed by atoms with Crippen LogP contribution in [0.15, 0.2) is 41.0 Å². The molecule has 0 saturated carbocycles. The number of rotatable bonds is 6. The number of ether oxygens (including phenoxy) is 1. The first-order valence-corrected chi connectivity index (χ1v) is 7.56. The molecule has 2 rings (SSSR count). The summed E-state index contributed by atoms with van der Waals surface area (Å²) in [6, 6.07) is 6.70. The molecule has 0 fully saturated rings. The van der Waals surface area contributed by atoms with E-state index in [1.54, 1.807) is 6.20 Å². The third kappa shape index (κ3) is 5.51. The highest BCUT2D eigenvalue weighted by Gasteiger charge is 2.12. The van der Waals surface area contributed by atoms with Crippen molar-refractivity contribution in [3.63, 3.8) is 0 Å². The molecule has 1 aromatic carbocycles. The Balaban J connectivity index is 1.69. The number of anilines is 1. The largest absolute Gasteiger partial charge is 0.451 e. The Morgan fingerprint density at radius 1 is 1.17 bits per heavy atom. The van der Waals surface area contributed by atoms with E-state index in [0.29, 0.717) is 10.2 Å². The van der Waals surface area contributed by atoms with E-state index in [1.807, 2.05) is 0 Å². The molecule has 0 saturated heterocycles. The first-order valence-electron chi connectivity index (χ1n) is 6.77. The summed E-state index contributed by atoms with van der Waals surface area (Å²) in [5.41, 5.74) is 0.600. The molecular formula is C15H13BrFN3O4. The number of amides is 2. The number of carbonyl (C=O) groups excluding carboxylic acids is 3. The third-order valence-electron chi connectivity index (χ3n) is 2.78. The van der Waals surface area contributed by atoms with E-state index in [-0.39, 0.29) is 12.2 Å². The Morgan fingerprint density at radius 2 is 1.88 bits per heavy atom. The zero-order valence-corrected chi connectivity index (χ0v) is 13.9. The van der Waals surface area contributed by atoms with Gasteiger partial charge in [-0.1, -0.05) is 0 Å². The lowest BCUT2D eigenvalue weighted by molar-refractivity contribution is -0.126. The van der Waals surface area contributed by atoms with E-state index in [9.17, 15) is 18.8 Å². The Hall–Kier alpha value is -2.68. The molecule has 0 atom stereocenters. The minimum absolute atomic E-state index is 0.198. The molecule has 1 heterocycles. The van der Waals surface area contributed by atoms with E-state index in [4.69, 9.17) is 4.74 Å². The Labute approximate surface area is 144 Å². The fraction of sp³-hybridized carbons (Fsp3) is 0.133. The summed E-state index contributed by atoms with van der Waals surface area (Å²) >= 11 is 3.17. The van der Waals surface area contributed by atoms with Gasteiger partial charge in [-0.2, -0.15) is 0 Å². The lowest BCUT2D eigenvalue weighted by Crippen LogP contribution is -2.35. The number of aromatic amines is 1. The Morgan fingerprint density at radius 3 is 2.50 bits per heavy atom. The van der Waals surface area contributed by atoms with Gasteiger partial charge in [-0.25, -0.2) is 9.18 Å². The second-order valence-electron chi connectivity index (χ2n) is 4.64. The van der Waals surface area contributed by atoms with Gasteiger partial charge in [-0.05, 0) is 46.3 Å². The minimum Gasteiger partial charge on any atom is -0.451 e. The molecule has 2 amide bonds. The van der Waals surface area contributed by atoms with E-state index in [1.165, 1.54) is 30.3 Å². The molecule has 2 aromatic rings. The fourth-order valence-electron chi connectivity index (χ4n) is 1.66. The van der Waals surface area contributed by atoms with Crippen molar-refractivity contribution in [1.29, 1.82) is 0 Å². The standard InChI is InChI=1S/C15H13BrFN3O4/c16-9-5-12(18-6-9)15(23)24-8-14(22)19-7-13(21)20-11-3-1-10(17)2-4-11/h1-6,18H,7-8H2,(H,19,22)(H,20,21). The number of carbonyl (C=O) groups is 3.